The summed E-state index contributed by atoms with van der Waals surface area (Å²) >= 11 is 1.17. The monoisotopic (exact) mass is 265 g/mol. The van der Waals surface area contributed by atoms with E-state index in [2.05, 4.69) is 0 Å². The molecule has 0 atom stereocenters. The second-order valence-corrected chi connectivity index (χ2v) is 4.61. The number of nitrogens with zero attached hydrogens (tertiary/aromatic N) is 1. The number of carboxylic acid groups (broad SMARTS) is 1. The normalized spacial score (nSPS) is 10.3. The fourth-order valence-corrected chi connectivity index (χ4v) is 2.47. The van der Waals surface area contributed by atoms with Crippen LogP contribution in [0.4, 0.5) is 15.8 Å². The van der Waals surface area contributed by atoms with E-state index >= 15 is 0 Å². The molecule has 3 nitrogen and oxygen atoms in total. The second-order valence-electron chi connectivity index (χ2n) is 3.70. The number of carbonyl (C=O) groups is 1. The first-order valence-corrected chi connectivity index (χ1v) is 6.34. The Hall–Kier alpha value is -1.88. The van der Waals surface area contributed by atoms with Gasteiger partial charge in [0, 0.05) is 17.6 Å². The zero-order valence-corrected chi connectivity index (χ0v) is 10.6. The lowest BCUT2D eigenvalue weighted by atomic mass is 10.2. The molecule has 5 heteroatoms. The van der Waals surface area contributed by atoms with Crippen LogP contribution in [0, 0.1) is 5.82 Å². The van der Waals surface area contributed by atoms with Gasteiger partial charge in [0.1, 0.15) is 10.7 Å². The van der Waals surface area contributed by atoms with Crippen molar-refractivity contribution in [1.29, 1.82) is 0 Å². The molecule has 94 valence electrons. The molecule has 0 amide bonds. The van der Waals surface area contributed by atoms with E-state index in [0.29, 0.717) is 12.2 Å². The summed E-state index contributed by atoms with van der Waals surface area (Å²) in [6, 6.07) is 7.85. The molecule has 0 saturated carbocycles. The third-order valence-electron chi connectivity index (χ3n) is 2.54. The third-order valence-corrected chi connectivity index (χ3v) is 3.45. The first-order valence-electron chi connectivity index (χ1n) is 5.46. The van der Waals surface area contributed by atoms with Crippen LogP contribution in [0.25, 0.3) is 0 Å². The van der Waals surface area contributed by atoms with Crippen LogP contribution in [0.3, 0.4) is 0 Å². The van der Waals surface area contributed by atoms with E-state index in [1.807, 2.05) is 11.8 Å². The van der Waals surface area contributed by atoms with E-state index in [1.165, 1.54) is 23.5 Å². The number of halogens is 1. The lowest BCUT2D eigenvalue weighted by Gasteiger charge is -2.21. The molecular weight excluding hydrogens is 253 g/mol. The number of thiophene rings is 1. The smallest absolute Gasteiger partial charge is 0.345 e. The molecule has 0 aliphatic carbocycles. The summed E-state index contributed by atoms with van der Waals surface area (Å²) in [5.41, 5.74) is 1.48. The molecule has 0 aliphatic heterocycles. The van der Waals surface area contributed by atoms with Crippen molar-refractivity contribution in [3.05, 3.63) is 46.4 Å². The molecule has 1 aromatic heterocycles. The molecule has 0 aliphatic rings. The van der Waals surface area contributed by atoms with E-state index in [-0.39, 0.29) is 10.7 Å². The predicted molar refractivity (Wildman–Crippen MR) is 70.4 cm³/mol. The molecule has 0 radical (unpaired) electrons. The van der Waals surface area contributed by atoms with Gasteiger partial charge in [0.25, 0.3) is 0 Å². The fourth-order valence-electron chi connectivity index (χ4n) is 1.74. The largest absolute Gasteiger partial charge is 0.477 e. The second kappa shape index (κ2) is 5.18. The van der Waals surface area contributed by atoms with Crippen LogP contribution in [-0.2, 0) is 0 Å². The van der Waals surface area contributed by atoms with Crippen molar-refractivity contribution in [1.82, 2.24) is 0 Å². The number of hydrogen-bond acceptors (Lipinski definition) is 3. The van der Waals surface area contributed by atoms with Crippen molar-refractivity contribution in [3.8, 4) is 0 Å². The highest BCUT2D eigenvalue weighted by atomic mass is 32.1. The maximum atomic E-state index is 13.2. The van der Waals surface area contributed by atoms with Crippen LogP contribution in [0.2, 0.25) is 0 Å². The van der Waals surface area contributed by atoms with Crippen molar-refractivity contribution in [2.75, 3.05) is 11.4 Å². The first-order chi connectivity index (χ1) is 8.61. The number of carboxylic acids is 1. The van der Waals surface area contributed by atoms with Crippen molar-refractivity contribution in [2.24, 2.45) is 0 Å². The molecule has 18 heavy (non-hydrogen) atoms. The predicted octanol–water partition coefficient (Wildman–Crippen LogP) is 3.74. The highest BCUT2D eigenvalue weighted by molar-refractivity contribution is 7.12. The number of hydrogen-bond donors (Lipinski definition) is 1. The van der Waals surface area contributed by atoms with Gasteiger partial charge in [0.15, 0.2) is 0 Å². The lowest BCUT2D eigenvalue weighted by Crippen LogP contribution is -2.15. The Morgan fingerprint density at radius 3 is 2.72 bits per heavy atom. The number of anilines is 2. The molecule has 2 aromatic rings. The van der Waals surface area contributed by atoms with Crippen LogP contribution in [0.15, 0.2) is 35.7 Å². The highest BCUT2D eigenvalue weighted by Crippen LogP contribution is 2.29. The fraction of sp³-hybridized carbons (Fsp3) is 0.154. The SMILES string of the molecule is CCN(c1cccc(F)c1)c1csc(C(=O)O)c1. The van der Waals surface area contributed by atoms with Crippen molar-refractivity contribution < 1.29 is 14.3 Å². The minimum atomic E-state index is -0.943. The Kier molecular flexibility index (Phi) is 3.62. The van der Waals surface area contributed by atoms with E-state index in [1.54, 1.807) is 23.6 Å². The number of benzene rings is 1. The van der Waals surface area contributed by atoms with Gasteiger partial charge in [-0.05, 0) is 31.2 Å². The van der Waals surface area contributed by atoms with Crippen LogP contribution in [-0.4, -0.2) is 17.6 Å². The number of aromatic carboxylic acids is 1. The Bertz CT molecular complexity index is 568. The molecular formula is C13H12FNO2S. The van der Waals surface area contributed by atoms with Gasteiger partial charge >= 0.3 is 5.97 Å². The van der Waals surface area contributed by atoms with E-state index < -0.39 is 5.97 Å². The summed E-state index contributed by atoms with van der Waals surface area (Å²) in [7, 11) is 0. The molecule has 0 unspecified atom stereocenters. The zero-order valence-electron chi connectivity index (χ0n) is 9.76. The molecule has 1 N–H and O–H groups in total. The van der Waals surface area contributed by atoms with Gasteiger partial charge in [0.05, 0.1) is 5.69 Å². The topological polar surface area (TPSA) is 40.5 Å². The van der Waals surface area contributed by atoms with Crippen LogP contribution in [0.5, 0.6) is 0 Å². The Morgan fingerprint density at radius 2 is 2.17 bits per heavy atom. The van der Waals surface area contributed by atoms with Crippen LogP contribution < -0.4 is 4.90 Å². The van der Waals surface area contributed by atoms with Crippen molar-refractivity contribution in [2.45, 2.75) is 6.92 Å². The molecule has 0 bridgehead atoms. The molecule has 1 heterocycles. The van der Waals surface area contributed by atoms with Gasteiger partial charge in [0.2, 0.25) is 0 Å². The highest BCUT2D eigenvalue weighted by Gasteiger charge is 2.13. The molecule has 1 aromatic carbocycles. The average Bonchev–Trinajstić information content (AvgIpc) is 2.80. The summed E-state index contributed by atoms with van der Waals surface area (Å²) in [6.45, 7) is 2.57. The zero-order chi connectivity index (χ0) is 13.1. The summed E-state index contributed by atoms with van der Waals surface area (Å²) in [5.74, 6) is -1.25. The minimum Gasteiger partial charge on any atom is -0.477 e. The summed E-state index contributed by atoms with van der Waals surface area (Å²) in [5, 5.41) is 10.7. The van der Waals surface area contributed by atoms with Crippen molar-refractivity contribution >= 4 is 28.7 Å². The quantitative estimate of drug-likeness (QED) is 0.915. The average molecular weight is 265 g/mol. The van der Waals surface area contributed by atoms with Crippen LogP contribution >= 0.6 is 11.3 Å². The van der Waals surface area contributed by atoms with Gasteiger partial charge < -0.3 is 10.0 Å². The number of rotatable bonds is 4. The van der Waals surface area contributed by atoms with Gasteiger partial charge in [-0.3, -0.25) is 0 Å². The maximum Gasteiger partial charge on any atom is 0.345 e. The standard InChI is InChI=1S/C13H12FNO2S/c1-2-15(10-5-3-4-9(14)6-10)11-7-12(13(16)17)18-8-11/h3-8H,2H2,1H3,(H,16,17). The maximum absolute atomic E-state index is 13.2. The van der Waals surface area contributed by atoms with Gasteiger partial charge in [-0.2, -0.15) is 0 Å². The van der Waals surface area contributed by atoms with Crippen molar-refractivity contribution in [3.63, 3.8) is 0 Å². The summed E-state index contributed by atoms with van der Waals surface area (Å²) in [4.78, 5) is 13.0. The van der Waals surface area contributed by atoms with Crippen LogP contribution in [0.1, 0.15) is 16.6 Å². The lowest BCUT2D eigenvalue weighted by molar-refractivity contribution is 0.0702. The molecule has 0 fully saturated rings. The molecule has 0 saturated heterocycles. The van der Waals surface area contributed by atoms with Gasteiger partial charge in [-0.15, -0.1) is 11.3 Å². The minimum absolute atomic E-state index is 0.278. The van der Waals surface area contributed by atoms with E-state index in [9.17, 15) is 9.18 Å². The molecule has 2 rings (SSSR count). The Morgan fingerprint density at radius 1 is 1.39 bits per heavy atom. The van der Waals surface area contributed by atoms with E-state index in [0.717, 1.165) is 5.69 Å². The first kappa shape index (κ1) is 12.6. The summed E-state index contributed by atoms with van der Waals surface area (Å²) in [6.07, 6.45) is 0. The summed E-state index contributed by atoms with van der Waals surface area (Å²) < 4.78 is 13.2. The Balaban J connectivity index is 2.35. The van der Waals surface area contributed by atoms with Gasteiger partial charge in [-0.25, -0.2) is 9.18 Å². The molecule has 0 spiro atoms. The van der Waals surface area contributed by atoms with Gasteiger partial charge in [-0.1, -0.05) is 6.07 Å². The van der Waals surface area contributed by atoms with E-state index in [4.69, 9.17) is 5.11 Å². The Labute approximate surface area is 108 Å². The third kappa shape index (κ3) is 2.51.